The fraction of sp³-hybridized carbons (Fsp3) is 0.467. The van der Waals surface area contributed by atoms with Crippen molar-refractivity contribution in [2.45, 2.75) is 18.9 Å². The van der Waals surface area contributed by atoms with Gasteiger partial charge in [-0.1, -0.05) is 0 Å². The van der Waals surface area contributed by atoms with Crippen LogP contribution in [0.3, 0.4) is 0 Å². The van der Waals surface area contributed by atoms with E-state index in [1.165, 1.54) is 18.2 Å². The van der Waals surface area contributed by atoms with Gasteiger partial charge >= 0.3 is 11.9 Å². The van der Waals surface area contributed by atoms with Crippen molar-refractivity contribution >= 4 is 17.6 Å². The molecule has 0 aromatic heterocycles. The minimum absolute atomic E-state index is 0.0580. The van der Waals surface area contributed by atoms with E-state index < -0.39 is 11.9 Å². The molecule has 1 unspecified atom stereocenters. The Balaban J connectivity index is 2.12. The Bertz CT molecular complexity index is 606. The summed E-state index contributed by atoms with van der Waals surface area (Å²) in [6.07, 6.45) is 1.94. The van der Waals surface area contributed by atoms with Crippen LogP contribution in [0.2, 0.25) is 0 Å². The molecule has 0 spiro atoms. The summed E-state index contributed by atoms with van der Waals surface area (Å²) < 4.78 is 0.500. The molecule has 4 N–H and O–H groups in total. The molecule has 3 aliphatic heterocycles. The second kappa shape index (κ2) is 4.82. The van der Waals surface area contributed by atoms with Crippen molar-refractivity contribution in [1.29, 1.82) is 0 Å². The Morgan fingerprint density at radius 3 is 2.33 bits per heavy atom. The molecule has 3 aliphatic rings. The minimum Gasteiger partial charge on any atom is -0.478 e. The third-order valence-electron chi connectivity index (χ3n) is 5.01. The Morgan fingerprint density at radius 1 is 1.14 bits per heavy atom. The van der Waals surface area contributed by atoms with Crippen molar-refractivity contribution in [3.8, 4) is 0 Å². The summed E-state index contributed by atoms with van der Waals surface area (Å²) in [7, 11) is 0. The molecule has 0 amide bonds. The van der Waals surface area contributed by atoms with E-state index in [1.54, 1.807) is 0 Å². The number of rotatable bonds is 3. The van der Waals surface area contributed by atoms with E-state index in [2.05, 4.69) is 0 Å². The SMILES string of the molecule is NC1C[N+]2(c3cc(C(=O)O)ccc3C(=O)O)CCC1CC2. The van der Waals surface area contributed by atoms with E-state index in [-0.39, 0.29) is 17.2 Å². The molecular formula is C15H19N2O4+. The first-order valence-corrected chi connectivity index (χ1v) is 7.16. The van der Waals surface area contributed by atoms with Crippen LogP contribution >= 0.6 is 0 Å². The van der Waals surface area contributed by atoms with Gasteiger partial charge in [0.05, 0.1) is 31.2 Å². The molecule has 112 valence electrons. The molecule has 3 fully saturated rings. The second-order valence-corrected chi connectivity index (χ2v) is 6.12. The van der Waals surface area contributed by atoms with Gasteiger partial charge in [0, 0.05) is 18.9 Å². The molecule has 0 aliphatic carbocycles. The molecule has 6 heteroatoms. The summed E-state index contributed by atoms with van der Waals surface area (Å²) in [5, 5.41) is 18.6. The molecule has 0 saturated carbocycles. The van der Waals surface area contributed by atoms with Crippen molar-refractivity contribution in [2.75, 3.05) is 19.6 Å². The van der Waals surface area contributed by atoms with Crippen molar-refractivity contribution in [3.63, 3.8) is 0 Å². The Labute approximate surface area is 122 Å². The van der Waals surface area contributed by atoms with E-state index in [4.69, 9.17) is 5.73 Å². The number of hydrogen-bond acceptors (Lipinski definition) is 3. The maximum absolute atomic E-state index is 11.5. The zero-order chi connectivity index (χ0) is 15.2. The largest absolute Gasteiger partial charge is 0.478 e. The topological polar surface area (TPSA) is 101 Å². The quantitative estimate of drug-likeness (QED) is 0.725. The van der Waals surface area contributed by atoms with Crippen molar-refractivity contribution in [3.05, 3.63) is 29.3 Å². The summed E-state index contributed by atoms with van der Waals surface area (Å²) in [4.78, 5) is 22.7. The molecule has 1 aromatic rings. The highest BCUT2D eigenvalue weighted by molar-refractivity contribution is 5.97. The fourth-order valence-corrected chi connectivity index (χ4v) is 3.82. The van der Waals surface area contributed by atoms with Crippen LogP contribution in [-0.2, 0) is 0 Å². The highest BCUT2D eigenvalue weighted by Gasteiger charge is 2.47. The molecule has 3 saturated heterocycles. The lowest BCUT2D eigenvalue weighted by Gasteiger charge is -2.51. The predicted molar refractivity (Wildman–Crippen MR) is 77.5 cm³/mol. The van der Waals surface area contributed by atoms with Crippen LogP contribution in [0.4, 0.5) is 5.69 Å². The summed E-state index contributed by atoms with van der Waals surface area (Å²) in [5.74, 6) is -1.54. The minimum atomic E-state index is -1.04. The van der Waals surface area contributed by atoms with Crippen LogP contribution in [-0.4, -0.2) is 47.8 Å². The van der Waals surface area contributed by atoms with E-state index >= 15 is 0 Å². The lowest BCUT2D eigenvalue weighted by molar-refractivity contribution is 0.0662. The zero-order valence-corrected chi connectivity index (χ0v) is 11.7. The normalized spacial score (nSPS) is 31.1. The first kappa shape index (κ1) is 14.0. The number of benzene rings is 1. The van der Waals surface area contributed by atoms with E-state index in [0.717, 1.165) is 25.9 Å². The van der Waals surface area contributed by atoms with Gasteiger partial charge in [-0.3, -0.25) is 4.48 Å². The molecule has 3 heterocycles. The maximum Gasteiger partial charge on any atom is 0.341 e. The van der Waals surface area contributed by atoms with Gasteiger partial charge in [0.2, 0.25) is 0 Å². The number of carboxylic acid groups (broad SMARTS) is 2. The second-order valence-electron chi connectivity index (χ2n) is 6.12. The van der Waals surface area contributed by atoms with Crippen molar-refractivity contribution in [2.24, 2.45) is 11.7 Å². The number of carbonyl (C=O) groups is 2. The van der Waals surface area contributed by atoms with Crippen molar-refractivity contribution in [1.82, 2.24) is 4.48 Å². The number of nitrogens with zero attached hydrogens (tertiary/aromatic N) is 1. The lowest BCUT2D eigenvalue weighted by Crippen LogP contribution is -2.67. The average Bonchev–Trinajstić information content (AvgIpc) is 2.47. The van der Waals surface area contributed by atoms with Gasteiger partial charge in [-0.25, -0.2) is 9.59 Å². The van der Waals surface area contributed by atoms with Gasteiger partial charge in [-0.15, -0.1) is 0 Å². The molecule has 0 radical (unpaired) electrons. The zero-order valence-electron chi connectivity index (χ0n) is 11.7. The number of quaternary nitrogens is 1. The molecular weight excluding hydrogens is 272 g/mol. The predicted octanol–water partition coefficient (Wildman–Crippen LogP) is 1.14. The Hall–Kier alpha value is -1.92. The number of aromatic carboxylic acids is 2. The number of carboxylic acids is 2. The van der Waals surface area contributed by atoms with Gasteiger partial charge in [-0.05, 0) is 18.1 Å². The van der Waals surface area contributed by atoms with Crippen LogP contribution in [0.25, 0.3) is 0 Å². The third kappa shape index (κ3) is 2.20. The van der Waals surface area contributed by atoms with Gasteiger partial charge < -0.3 is 15.9 Å². The average molecular weight is 291 g/mol. The molecule has 1 atom stereocenters. The molecule has 4 rings (SSSR count). The summed E-state index contributed by atoms with van der Waals surface area (Å²) in [5.41, 5.74) is 7.10. The molecule has 21 heavy (non-hydrogen) atoms. The van der Waals surface area contributed by atoms with Gasteiger partial charge in [0.1, 0.15) is 11.3 Å². The van der Waals surface area contributed by atoms with Gasteiger partial charge in [0.25, 0.3) is 0 Å². The van der Waals surface area contributed by atoms with Crippen LogP contribution in [0, 0.1) is 5.92 Å². The Morgan fingerprint density at radius 2 is 1.81 bits per heavy atom. The van der Waals surface area contributed by atoms with Gasteiger partial charge in [-0.2, -0.15) is 0 Å². The maximum atomic E-state index is 11.5. The highest BCUT2D eigenvalue weighted by Crippen LogP contribution is 2.40. The number of nitrogens with two attached hydrogens (primary N) is 1. The van der Waals surface area contributed by atoms with Crippen LogP contribution < -0.4 is 10.2 Å². The van der Waals surface area contributed by atoms with Crippen molar-refractivity contribution < 1.29 is 19.8 Å². The monoisotopic (exact) mass is 291 g/mol. The van der Waals surface area contributed by atoms with Crippen LogP contribution in [0.5, 0.6) is 0 Å². The van der Waals surface area contributed by atoms with E-state index in [9.17, 15) is 19.8 Å². The fourth-order valence-electron chi connectivity index (χ4n) is 3.82. The Kier molecular flexibility index (Phi) is 3.22. The molecule has 6 nitrogen and oxygen atoms in total. The smallest absolute Gasteiger partial charge is 0.341 e. The number of piperidine rings is 3. The number of hydrogen-bond donors (Lipinski definition) is 3. The van der Waals surface area contributed by atoms with E-state index in [1.807, 2.05) is 0 Å². The first-order chi connectivity index (χ1) is 9.93. The third-order valence-corrected chi connectivity index (χ3v) is 5.01. The van der Waals surface area contributed by atoms with Crippen LogP contribution in [0.15, 0.2) is 18.2 Å². The lowest BCUT2D eigenvalue weighted by atomic mass is 9.81. The molecule has 2 bridgehead atoms. The van der Waals surface area contributed by atoms with E-state index in [0.29, 0.717) is 22.6 Å². The highest BCUT2D eigenvalue weighted by atomic mass is 16.4. The number of fused-ring (bicyclic) bond motifs is 3. The standard InChI is InChI=1S/C15H18N2O4/c16-12-8-17(5-3-9(12)4-6-17)13-7-10(14(18)19)1-2-11(13)15(20)21/h1-2,7,9,12H,3-6,8,16H2,(H-,18,19,20,21)/p+1. The van der Waals surface area contributed by atoms with Crippen LogP contribution in [0.1, 0.15) is 33.6 Å². The summed E-state index contributed by atoms with van der Waals surface area (Å²) in [6, 6.07) is 4.33. The summed E-state index contributed by atoms with van der Waals surface area (Å²) >= 11 is 0. The summed E-state index contributed by atoms with van der Waals surface area (Å²) in [6.45, 7) is 2.36. The first-order valence-electron chi connectivity index (χ1n) is 7.16. The molecule has 1 aromatic carbocycles. The van der Waals surface area contributed by atoms with Gasteiger partial charge in [0.15, 0.2) is 0 Å².